The number of anilines is 2. The smallest absolute Gasteiger partial charge is 0.262 e. The molecule has 2 aromatic rings. The molecule has 0 atom stereocenters. The molecule has 3 rings (SSSR count). The summed E-state index contributed by atoms with van der Waals surface area (Å²) in [7, 11) is 0. The first-order valence-corrected chi connectivity index (χ1v) is 10.5. The number of nitrogens with one attached hydrogen (secondary N) is 2. The number of benzene rings is 2. The van der Waals surface area contributed by atoms with Crippen molar-refractivity contribution in [1.29, 1.82) is 0 Å². The lowest BCUT2D eigenvalue weighted by atomic mass is 9.88. The minimum atomic E-state index is -0.294. The molecule has 2 N–H and O–H groups in total. The van der Waals surface area contributed by atoms with Gasteiger partial charge in [0.05, 0.1) is 4.47 Å². The lowest BCUT2D eigenvalue weighted by Crippen LogP contribution is -2.25. The average Bonchev–Trinajstić information content (AvgIpc) is 2.68. The molecule has 0 spiro atoms. The van der Waals surface area contributed by atoms with Gasteiger partial charge in [0.2, 0.25) is 5.91 Å². The van der Waals surface area contributed by atoms with E-state index >= 15 is 0 Å². The van der Waals surface area contributed by atoms with Crippen LogP contribution in [0.4, 0.5) is 11.4 Å². The molecule has 2 amide bonds. The van der Waals surface area contributed by atoms with E-state index in [1.165, 1.54) is 6.42 Å². The second-order valence-corrected chi connectivity index (χ2v) is 8.11. The molecule has 0 saturated heterocycles. The van der Waals surface area contributed by atoms with E-state index in [1.807, 2.05) is 6.07 Å². The maximum Gasteiger partial charge on any atom is 0.262 e. The molecule has 1 fully saturated rings. The quantitative estimate of drug-likeness (QED) is 0.580. The Balaban J connectivity index is 1.53. The van der Waals surface area contributed by atoms with Crippen molar-refractivity contribution < 1.29 is 14.3 Å². The van der Waals surface area contributed by atoms with Crippen LogP contribution in [-0.2, 0) is 9.59 Å². The molecule has 28 heavy (non-hydrogen) atoms. The first kappa shape index (κ1) is 20.7. The normalized spacial score (nSPS) is 14.4. The van der Waals surface area contributed by atoms with Crippen LogP contribution in [0.25, 0.3) is 0 Å². The third kappa shape index (κ3) is 5.97. The number of ether oxygens (including phenoxy) is 1. The highest BCUT2D eigenvalue weighted by Crippen LogP contribution is 2.28. The Morgan fingerprint density at radius 1 is 1.04 bits per heavy atom. The van der Waals surface area contributed by atoms with Gasteiger partial charge in [-0.25, -0.2) is 0 Å². The second-order valence-electron chi connectivity index (χ2n) is 6.82. The molecular weight excluding hydrogens is 444 g/mol. The number of halogens is 2. The topological polar surface area (TPSA) is 67.4 Å². The molecular formula is C21H22BrClN2O3. The highest BCUT2D eigenvalue weighted by Gasteiger charge is 2.21. The molecule has 7 heteroatoms. The summed E-state index contributed by atoms with van der Waals surface area (Å²) < 4.78 is 6.19. The fraction of sp³-hybridized carbons (Fsp3) is 0.333. The molecule has 5 nitrogen and oxygen atoms in total. The Kier molecular flexibility index (Phi) is 7.34. The maximum atomic E-state index is 12.4. The third-order valence-corrected chi connectivity index (χ3v) is 5.50. The average molecular weight is 466 g/mol. The van der Waals surface area contributed by atoms with Gasteiger partial charge in [0, 0.05) is 22.3 Å². The van der Waals surface area contributed by atoms with Gasteiger partial charge in [-0.3, -0.25) is 9.59 Å². The Bertz CT molecular complexity index is 853. The summed E-state index contributed by atoms with van der Waals surface area (Å²) in [6, 6.07) is 12.2. The van der Waals surface area contributed by atoms with Crippen molar-refractivity contribution in [3.05, 3.63) is 52.0 Å². The Hall–Kier alpha value is -2.05. The van der Waals surface area contributed by atoms with Crippen molar-refractivity contribution in [3.63, 3.8) is 0 Å². The second kappa shape index (κ2) is 9.94. The van der Waals surface area contributed by atoms with Crippen molar-refractivity contribution >= 4 is 50.7 Å². The van der Waals surface area contributed by atoms with Crippen molar-refractivity contribution in [1.82, 2.24) is 0 Å². The van der Waals surface area contributed by atoms with Crippen molar-refractivity contribution in [2.24, 2.45) is 5.92 Å². The monoisotopic (exact) mass is 464 g/mol. The molecule has 1 aliphatic rings. The van der Waals surface area contributed by atoms with Gasteiger partial charge in [-0.2, -0.15) is 0 Å². The molecule has 148 valence electrons. The van der Waals surface area contributed by atoms with E-state index in [0.29, 0.717) is 26.6 Å². The van der Waals surface area contributed by atoms with E-state index < -0.39 is 0 Å². The Morgan fingerprint density at radius 3 is 2.46 bits per heavy atom. The van der Waals surface area contributed by atoms with Crippen LogP contribution >= 0.6 is 27.5 Å². The van der Waals surface area contributed by atoms with Crippen LogP contribution in [0.2, 0.25) is 5.02 Å². The largest absolute Gasteiger partial charge is 0.483 e. The fourth-order valence-corrected chi connectivity index (χ4v) is 4.01. The van der Waals surface area contributed by atoms with Crippen LogP contribution in [-0.4, -0.2) is 18.4 Å². The lowest BCUT2D eigenvalue weighted by Gasteiger charge is -2.20. The minimum absolute atomic E-state index is 0.0547. The number of carbonyl (C=O) groups excluding carboxylic acids is 2. The predicted molar refractivity (Wildman–Crippen MR) is 115 cm³/mol. The minimum Gasteiger partial charge on any atom is -0.483 e. The highest BCUT2D eigenvalue weighted by atomic mass is 79.9. The first-order valence-electron chi connectivity index (χ1n) is 9.30. The van der Waals surface area contributed by atoms with Crippen LogP contribution in [0.15, 0.2) is 46.9 Å². The Morgan fingerprint density at radius 2 is 1.75 bits per heavy atom. The van der Waals surface area contributed by atoms with Gasteiger partial charge in [-0.05, 0) is 65.2 Å². The number of hydrogen-bond acceptors (Lipinski definition) is 3. The van der Waals surface area contributed by atoms with Gasteiger partial charge in [0.15, 0.2) is 6.61 Å². The van der Waals surface area contributed by atoms with Crippen LogP contribution in [0.3, 0.4) is 0 Å². The van der Waals surface area contributed by atoms with Gasteiger partial charge in [0.1, 0.15) is 5.75 Å². The van der Waals surface area contributed by atoms with E-state index in [1.54, 1.807) is 36.4 Å². The number of carbonyl (C=O) groups is 2. The van der Waals surface area contributed by atoms with Gasteiger partial charge >= 0.3 is 0 Å². The molecule has 0 aliphatic heterocycles. The zero-order valence-corrected chi connectivity index (χ0v) is 17.7. The first-order chi connectivity index (χ1) is 13.5. The Labute approximate surface area is 177 Å². The summed E-state index contributed by atoms with van der Waals surface area (Å²) in [6.07, 6.45) is 5.31. The summed E-state index contributed by atoms with van der Waals surface area (Å²) in [5.74, 6) is 0.378. The van der Waals surface area contributed by atoms with E-state index in [-0.39, 0.29) is 24.3 Å². The summed E-state index contributed by atoms with van der Waals surface area (Å²) in [4.78, 5) is 24.6. The molecule has 1 saturated carbocycles. The van der Waals surface area contributed by atoms with Crippen LogP contribution in [0.1, 0.15) is 32.1 Å². The van der Waals surface area contributed by atoms with Gasteiger partial charge in [0.25, 0.3) is 5.91 Å². The molecule has 0 heterocycles. The zero-order chi connectivity index (χ0) is 19.9. The van der Waals surface area contributed by atoms with E-state index in [9.17, 15) is 9.59 Å². The highest BCUT2D eigenvalue weighted by molar-refractivity contribution is 9.10. The molecule has 1 aliphatic carbocycles. The van der Waals surface area contributed by atoms with Crippen molar-refractivity contribution in [3.8, 4) is 5.75 Å². The van der Waals surface area contributed by atoms with Gasteiger partial charge in [-0.15, -0.1) is 0 Å². The molecule has 0 radical (unpaired) electrons. The molecule has 0 bridgehead atoms. The van der Waals surface area contributed by atoms with Crippen LogP contribution in [0.5, 0.6) is 5.75 Å². The van der Waals surface area contributed by atoms with Crippen molar-refractivity contribution in [2.75, 3.05) is 17.2 Å². The SMILES string of the molecule is O=C(COc1ccc(Cl)cc1Br)Nc1cccc(NC(=O)C2CCCCC2)c1. The van der Waals surface area contributed by atoms with E-state index in [4.69, 9.17) is 16.3 Å². The van der Waals surface area contributed by atoms with Gasteiger partial charge in [-0.1, -0.05) is 36.9 Å². The van der Waals surface area contributed by atoms with Crippen LogP contribution in [0, 0.1) is 5.92 Å². The maximum absolute atomic E-state index is 12.4. The van der Waals surface area contributed by atoms with E-state index in [2.05, 4.69) is 26.6 Å². The van der Waals surface area contributed by atoms with Crippen molar-refractivity contribution in [2.45, 2.75) is 32.1 Å². The number of amides is 2. The number of rotatable bonds is 6. The predicted octanol–water partition coefficient (Wildman–Crippen LogP) is 5.64. The summed E-state index contributed by atoms with van der Waals surface area (Å²) >= 11 is 9.24. The third-order valence-electron chi connectivity index (χ3n) is 4.64. The summed E-state index contributed by atoms with van der Waals surface area (Å²) in [6.45, 7) is -0.140. The summed E-state index contributed by atoms with van der Waals surface area (Å²) in [5, 5.41) is 6.31. The standard InChI is InChI=1S/C21H22BrClN2O3/c22-18-11-15(23)9-10-19(18)28-13-20(26)24-16-7-4-8-17(12-16)25-21(27)14-5-2-1-3-6-14/h4,7-12,14H,1-3,5-6,13H2,(H,24,26)(H,25,27). The van der Waals surface area contributed by atoms with E-state index in [0.717, 1.165) is 25.7 Å². The fourth-order valence-electron chi connectivity index (χ4n) is 3.22. The van der Waals surface area contributed by atoms with Crippen LogP contribution < -0.4 is 15.4 Å². The summed E-state index contributed by atoms with van der Waals surface area (Å²) in [5.41, 5.74) is 1.28. The lowest BCUT2D eigenvalue weighted by molar-refractivity contribution is -0.120. The molecule has 0 aromatic heterocycles. The zero-order valence-electron chi connectivity index (χ0n) is 15.3. The molecule has 0 unspecified atom stereocenters. The van der Waals surface area contributed by atoms with Gasteiger partial charge < -0.3 is 15.4 Å². The number of hydrogen-bond donors (Lipinski definition) is 2. The molecule has 2 aromatic carbocycles.